The molecule has 0 aromatic heterocycles. The highest BCUT2D eigenvalue weighted by molar-refractivity contribution is 5.92. The van der Waals surface area contributed by atoms with Crippen LogP contribution in [-0.4, -0.2) is 46.4 Å². The summed E-state index contributed by atoms with van der Waals surface area (Å²) in [5.74, 6) is 5.83. The number of ketones is 4. The Morgan fingerprint density at radius 1 is 0.473 bits per heavy atom. The van der Waals surface area contributed by atoms with Crippen LogP contribution in [0.1, 0.15) is 270 Å². The van der Waals surface area contributed by atoms with Crippen LogP contribution >= 0.6 is 0 Å². The third kappa shape index (κ3) is 34.3. The fourth-order valence-electron chi connectivity index (χ4n) is 11.9. The van der Waals surface area contributed by atoms with Gasteiger partial charge in [-0.1, -0.05) is 159 Å². The summed E-state index contributed by atoms with van der Waals surface area (Å²) in [6.07, 6.45) is 42.1. The highest BCUT2D eigenvalue weighted by atomic mass is 16.5. The molecule has 6 rings (SSSR count). The van der Waals surface area contributed by atoms with Crippen molar-refractivity contribution in [3.05, 3.63) is 69.9 Å². The maximum absolute atomic E-state index is 11.3. The molecule has 6 aliphatic rings. The standard InChI is InChI=1S/C13H22O.C12H20O.C11H18O2.2C11H18O.C9H16O/c1-3-4-5-6-7-12-8-11(2)9-13(14)10-12;1-3-4-5-6-11-7-10(2)8-12(13)9-11;1-4-10-5-8(2)6-11(7-10)13-9(3)12;1-8(2)4-10-5-9(3)6-11(12)7-10;1-3-4-5-10-6-9(2)7-11(12)8-10;1-3-8-4-7(2)5-9(10)6-8/h9,12H,3-8,10H2,1-2H3;8,11H,3-7,9H2,1-2H3;6,10-11H,4-5,7H2,1-3H3;6,8,10H,4-5,7H2,1-3H3;7,10H,3-6,8H2,1-2H3;5,8-10H,3-4,6H2,1-2H3. The van der Waals surface area contributed by atoms with Gasteiger partial charge in [-0.05, 0) is 190 Å². The first-order valence-electron chi connectivity index (χ1n) is 30.1. The smallest absolute Gasteiger partial charge is 0.303 e. The molecule has 7 nitrogen and oxygen atoms in total. The quantitative estimate of drug-likeness (QED) is 0.0876. The van der Waals surface area contributed by atoms with Gasteiger partial charge in [-0.25, -0.2) is 0 Å². The summed E-state index contributed by atoms with van der Waals surface area (Å²) in [5, 5.41) is 9.30. The number of rotatable bonds is 17. The number of aliphatic hydroxyl groups is 1. The Kier molecular flexibility index (Phi) is 36.9. The second-order valence-corrected chi connectivity index (χ2v) is 24.2. The van der Waals surface area contributed by atoms with Crippen molar-refractivity contribution in [3.63, 3.8) is 0 Å². The van der Waals surface area contributed by atoms with Crippen LogP contribution in [0.3, 0.4) is 0 Å². The van der Waals surface area contributed by atoms with Gasteiger partial charge in [-0.2, -0.15) is 0 Å². The van der Waals surface area contributed by atoms with E-state index in [0.717, 1.165) is 76.5 Å². The molecule has 74 heavy (non-hydrogen) atoms. The molecule has 1 N–H and O–H groups in total. The highest BCUT2D eigenvalue weighted by Crippen LogP contribution is 2.31. The normalized spacial score (nSPS) is 25.6. The summed E-state index contributed by atoms with van der Waals surface area (Å²) in [7, 11) is 0. The van der Waals surface area contributed by atoms with Crippen molar-refractivity contribution >= 4 is 29.1 Å². The van der Waals surface area contributed by atoms with Crippen LogP contribution in [0.5, 0.6) is 0 Å². The van der Waals surface area contributed by atoms with E-state index in [0.29, 0.717) is 58.6 Å². The third-order valence-electron chi connectivity index (χ3n) is 15.3. The monoisotopic (exact) mass is 1030 g/mol. The van der Waals surface area contributed by atoms with Crippen molar-refractivity contribution in [3.8, 4) is 0 Å². The van der Waals surface area contributed by atoms with E-state index in [9.17, 15) is 29.1 Å². The molecule has 7 heteroatoms. The Morgan fingerprint density at radius 2 is 0.824 bits per heavy atom. The number of aliphatic hydroxyl groups excluding tert-OH is 1. The van der Waals surface area contributed by atoms with E-state index in [4.69, 9.17) is 4.74 Å². The second kappa shape index (κ2) is 39.9. The number of carbonyl (C=O) groups is 5. The van der Waals surface area contributed by atoms with Gasteiger partial charge in [0, 0.05) is 32.6 Å². The molecular weight excluding hydrogens is 917 g/mol. The topological polar surface area (TPSA) is 115 Å². The lowest BCUT2D eigenvalue weighted by atomic mass is 9.83. The van der Waals surface area contributed by atoms with Crippen LogP contribution in [0.4, 0.5) is 0 Å². The summed E-state index contributed by atoms with van der Waals surface area (Å²) in [6.45, 7) is 29.4. The average Bonchev–Trinajstić information content (AvgIpc) is 3.29. The lowest BCUT2D eigenvalue weighted by molar-refractivity contribution is -0.145. The molecule has 6 aliphatic carbocycles. The predicted octanol–water partition coefficient (Wildman–Crippen LogP) is 18.2. The van der Waals surface area contributed by atoms with Crippen molar-refractivity contribution in [1.82, 2.24) is 0 Å². The van der Waals surface area contributed by atoms with E-state index in [1.165, 1.54) is 143 Å². The minimum Gasteiger partial charge on any atom is -0.458 e. The van der Waals surface area contributed by atoms with Gasteiger partial charge < -0.3 is 9.84 Å². The van der Waals surface area contributed by atoms with Crippen LogP contribution < -0.4 is 0 Å². The molecule has 0 saturated carbocycles. The zero-order chi connectivity index (χ0) is 55.6. The molecule has 0 aromatic rings. The number of ether oxygens (including phenoxy) is 1. The molecule has 0 heterocycles. The molecule has 0 aliphatic heterocycles. The van der Waals surface area contributed by atoms with E-state index >= 15 is 0 Å². The highest BCUT2D eigenvalue weighted by Gasteiger charge is 2.23. The number of allylic oxidation sites excluding steroid dienone is 10. The zero-order valence-electron chi connectivity index (χ0n) is 50.1. The zero-order valence-corrected chi connectivity index (χ0v) is 50.1. The summed E-state index contributed by atoms with van der Waals surface area (Å²) in [6, 6.07) is 0. The van der Waals surface area contributed by atoms with Gasteiger partial charge in [0.1, 0.15) is 6.10 Å². The maximum Gasteiger partial charge on any atom is 0.303 e. The Labute approximate surface area is 454 Å². The molecule has 0 saturated heterocycles. The summed E-state index contributed by atoms with van der Waals surface area (Å²) in [4.78, 5) is 55.7. The van der Waals surface area contributed by atoms with Gasteiger partial charge >= 0.3 is 5.97 Å². The van der Waals surface area contributed by atoms with Gasteiger partial charge in [0.25, 0.3) is 0 Å². The first kappa shape index (κ1) is 68.6. The van der Waals surface area contributed by atoms with Crippen LogP contribution in [0, 0.1) is 41.4 Å². The van der Waals surface area contributed by atoms with Crippen LogP contribution in [0.25, 0.3) is 0 Å². The van der Waals surface area contributed by atoms with Crippen LogP contribution in [0.2, 0.25) is 0 Å². The van der Waals surface area contributed by atoms with Crippen molar-refractivity contribution in [1.29, 1.82) is 0 Å². The van der Waals surface area contributed by atoms with Crippen LogP contribution in [0.15, 0.2) is 69.9 Å². The Morgan fingerprint density at radius 3 is 1.20 bits per heavy atom. The fourth-order valence-corrected chi connectivity index (χ4v) is 11.9. The van der Waals surface area contributed by atoms with Gasteiger partial charge in [0.2, 0.25) is 0 Å². The van der Waals surface area contributed by atoms with Crippen molar-refractivity contribution < 1.29 is 33.8 Å². The number of unbranched alkanes of at least 4 members (excludes halogenated alkanes) is 6. The molecule has 8 atom stereocenters. The first-order valence-corrected chi connectivity index (χ1v) is 30.1. The largest absolute Gasteiger partial charge is 0.458 e. The minimum absolute atomic E-state index is 0.0243. The van der Waals surface area contributed by atoms with Gasteiger partial charge in [-0.15, -0.1) is 0 Å². The van der Waals surface area contributed by atoms with Crippen molar-refractivity contribution in [2.45, 2.75) is 283 Å². The Hall–Kier alpha value is -3.45. The van der Waals surface area contributed by atoms with Gasteiger partial charge in [-0.3, -0.25) is 24.0 Å². The summed E-state index contributed by atoms with van der Waals surface area (Å²) in [5.41, 5.74) is 7.79. The fraction of sp³-hybridized carbons (Fsp3) is 0.746. The minimum atomic E-state index is -0.175. The Balaban J connectivity index is 0.000000445. The van der Waals surface area contributed by atoms with Crippen LogP contribution in [-0.2, 0) is 28.7 Å². The number of carbonyl (C=O) groups excluding carboxylic acids is 5. The van der Waals surface area contributed by atoms with E-state index < -0.39 is 0 Å². The first-order chi connectivity index (χ1) is 35.1. The average molecular weight is 1030 g/mol. The number of esters is 1. The van der Waals surface area contributed by atoms with E-state index in [1.54, 1.807) is 6.08 Å². The molecule has 0 fully saturated rings. The van der Waals surface area contributed by atoms with Gasteiger partial charge in [0.05, 0.1) is 6.10 Å². The lowest BCUT2D eigenvalue weighted by Gasteiger charge is -2.26. The third-order valence-corrected chi connectivity index (χ3v) is 15.3. The molecule has 0 spiro atoms. The number of hydrogen-bond donors (Lipinski definition) is 1. The molecular formula is C67H112O7. The molecule has 0 aromatic carbocycles. The van der Waals surface area contributed by atoms with E-state index in [-0.39, 0.29) is 18.2 Å². The molecule has 0 amide bonds. The predicted molar refractivity (Wildman–Crippen MR) is 313 cm³/mol. The molecule has 422 valence electrons. The van der Waals surface area contributed by atoms with E-state index in [2.05, 4.69) is 96.1 Å². The molecule has 8 unspecified atom stereocenters. The summed E-state index contributed by atoms with van der Waals surface area (Å²) >= 11 is 0. The van der Waals surface area contributed by atoms with Crippen molar-refractivity contribution in [2.75, 3.05) is 0 Å². The van der Waals surface area contributed by atoms with E-state index in [1.807, 2.05) is 24.3 Å². The summed E-state index contributed by atoms with van der Waals surface area (Å²) < 4.78 is 5.18. The SMILES string of the molecule is CC1=CC(=O)CC(CC(C)C)C1.CCC1CC(C)=CC(O)C1.CCC1CC(C)=CC(OC(C)=O)C1.CCCCC1CC(=O)C=C(C)C1.CCCCCC1CC(=O)C=C(C)C1.CCCCCCC1CC(=O)C=C(C)C1. The number of hydrogen-bond acceptors (Lipinski definition) is 7. The lowest BCUT2D eigenvalue weighted by Crippen LogP contribution is -2.22. The second-order valence-electron chi connectivity index (χ2n) is 24.2. The molecule has 0 radical (unpaired) electrons. The van der Waals surface area contributed by atoms with Crippen molar-refractivity contribution in [2.24, 2.45) is 41.4 Å². The Bertz CT molecular complexity index is 1850. The molecule has 0 bridgehead atoms. The van der Waals surface area contributed by atoms with Gasteiger partial charge in [0.15, 0.2) is 23.1 Å². The maximum atomic E-state index is 11.3.